The van der Waals surface area contributed by atoms with Gasteiger partial charge < -0.3 is 4.74 Å². The molecule has 1 unspecified atom stereocenters. The van der Waals surface area contributed by atoms with Gasteiger partial charge in [-0.2, -0.15) is 0 Å². The molecule has 2 aliphatic carbocycles. The number of esters is 1. The van der Waals surface area contributed by atoms with Crippen molar-refractivity contribution in [1.29, 1.82) is 0 Å². The van der Waals surface area contributed by atoms with Crippen molar-refractivity contribution in [3.63, 3.8) is 0 Å². The Morgan fingerprint density at radius 1 is 1.55 bits per heavy atom. The second kappa shape index (κ2) is 4.81. The summed E-state index contributed by atoms with van der Waals surface area (Å²) in [6, 6.07) is 0. The van der Waals surface area contributed by atoms with Crippen LogP contribution in [0.25, 0.3) is 0 Å². The standard InChI is InChI=1S/C15H15BrO3S/c1-15-5-3-8-9(7-20-13(8)16)12(15)11(14(18)19-2)10(17)4-6-15/h4,6-7,11-12H,3,5H2,1-2H3/t11?,12-,15+/m1/s1. The first kappa shape index (κ1) is 14.0. The molecule has 3 rings (SSSR count). The van der Waals surface area contributed by atoms with E-state index in [-0.39, 0.29) is 17.1 Å². The molecule has 0 bridgehead atoms. The highest BCUT2D eigenvalue weighted by atomic mass is 79.9. The van der Waals surface area contributed by atoms with Gasteiger partial charge in [0.15, 0.2) is 5.78 Å². The largest absolute Gasteiger partial charge is 0.468 e. The number of rotatable bonds is 1. The number of methoxy groups -OCH3 is 1. The van der Waals surface area contributed by atoms with Crippen molar-refractivity contribution in [3.05, 3.63) is 32.4 Å². The number of hydrogen-bond acceptors (Lipinski definition) is 4. The number of thiophene rings is 1. The monoisotopic (exact) mass is 354 g/mol. The average Bonchev–Trinajstić information content (AvgIpc) is 2.80. The first-order valence-electron chi connectivity index (χ1n) is 6.54. The van der Waals surface area contributed by atoms with Crippen LogP contribution in [0.5, 0.6) is 0 Å². The maximum atomic E-state index is 12.2. The molecular formula is C15H15BrO3S. The van der Waals surface area contributed by atoms with Crippen LogP contribution in [0, 0.1) is 11.3 Å². The lowest BCUT2D eigenvalue weighted by Crippen LogP contribution is -2.43. The number of fused-ring (bicyclic) bond motifs is 3. The van der Waals surface area contributed by atoms with E-state index in [4.69, 9.17) is 4.74 Å². The first-order valence-corrected chi connectivity index (χ1v) is 8.22. The van der Waals surface area contributed by atoms with Crippen LogP contribution >= 0.6 is 27.3 Å². The molecule has 0 N–H and O–H groups in total. The summed E-state index contributed by atoms with van der Waals surface area (Å²) in [6.45, 7) is 2.13. The van der Waals surface area contributed by atoms with Crippen LogP contribution in [0.1, 0.15) is 30.4 Å². The van der Waals surface area contributed by atoms with Crippen LogP contribution in [0.15, 0.2) is 21.3 Å². The van der Waals surface area contributed by atoms with Crippen molar-refractivity contribution in [2.24, 2.45) is 11.3 Å². The third-order valence-electron chi connectivity index (χ3n) is 4.56. The molecule has 1 aromatic heterocycles. The Hall–Kier alpha value is -0.940. The zero-order valence-corrected chi connectivity index (χ0v) is 13.7. The third kappa shape index (κ3) is 1.91. The summed E-state index contributed by atoms with van der Waals surface area (Å²) in [4.78, 5) is 24.3. The SMILES string of the molecule is COC(=O)C1C(=O)C=C[C@]2(C)CCc3c(csc3Br)[C@H]12. The normalized spacial score (nSPS) is 31.6. The van der Waals surface area contributed by atoms with Gasteiger partial charge in [0.2, 0.25) is 0 Å². The number of ether oxygens (including phenoxy) is 1. The van der Waals surface area contributed by atoms with E-state index in [2.05, 4.69) is 28.2 Å². The molecule has 0 spiro atoms. The van der Waals surface area contributed by atoms with Gasteiger partial charge in [0.05, 0.1) is 10.9 Å². The minimum absolute atomic E-state index is 0.112. The van der Waals surface area contributed by atoms with E-state index >= 15 is 0 Å². The summed E-state index contributed by atoms with van der Waals surface area (Å²) >= 11 is 5.20. The highest BCUT2D eigenvalue weighted by Crippen LogP contribution is 2.55. The Kier molecular flexibility index (Phi) is 3.37. The van der Waals surface area contributed by atoms with Crippen molar-refractivity contribution >= 4 is 39.0 Å². The van der Waals surface area contributed by atoms with E-state index < -0.39 is 11.9 Å². The molecule has 3 atom stereocenters. The van der Waals surface area contributed by atoms with E-state index in [0.717, 1.165) is 22.2 Å². The molecule has 1 heterocycles. The summed E-state index contributed by atoms with van der Waals surface area (Å²) in [5, 5.41) is 2.07. The smallest absolute Gasteiger partial charge is 0.317 e. The van der Waals surface area contributed by atoms with E-state index in [0.29, 0.717) is 0 Å². The lowest BCUT2D eigenvalue weighted by molar-refractivity contribution is -0.151. The van der Waals surface area contributed by atoms with Gasteiger partial charge in [0.1, 0.15) is 5.92 Å². The van der Waals surface area contributed by atoms with Gasteiger partial charge in [-0.05, 0) is 56.8 Å². The summed E-state index contributed by atoms with van der Waals surface area (Å²) < 4.78 is 5.99. The molecule has 0 saturated carbocycles. The number of halogens is 1. The molecule has 0 aromatic carbocycles. The number of ketones is 1. The second-order valence-corrected chi connectivity index (χ2v) is 7.86. The van der Waals surface area contributed by atoms with Crippen LogP contribution in [0.3, 0.4) is 0 Å². The van der Waals surface area contributed by atoms with Crippen molar-refractivity contribution in [2.45, 2.75) is 25.7 Å². The molecule has 1 aromatic rings. The Morgan fingerprint density at radius 2 is 2.30 bits per heavy atom. The first-order chi connectivity index (χ1) is 9.48. The van der Waals surface area contributed by atoms with Crippen LogP contribution in [-0.2, 0) is 20.7 Å². The molecule has 106 valence electrons. The molecule has 0 radical (unpaired) electrons. The summed E-state index contributed by atoms with van der Waals surface area (Å²) in [7, 11) is 1.35. The van der Waals surface area contributed by atoms with Gasteiger partial charge >= 0.3 is 5.97 Å². The average molecular weight is 355 g/mol. The van der Waals surface area contributed by atoms with Gasteiger partial charge in [-0.3, -0.25) is 9.59 Å². The Bertz CT molecular complexity index is 619. The summed E-state index contributed by atoms with van der Waals surface area (Å²) in [6.07, 6.45) is 5.45. The second-order valence-electron chi connectivity index (χ2n) is 5.66. The van der Waals surface area contributed by atoms with E-state index in [1.807, 2.05) is 6.08 Å². The molecule has 0 fully saturated rings. The number of hydrogen-bond donors (Lipinski definition) is 0. The quantitative estimate of drug-likeness (QED) is 0.572. The zero-order valence-electron chi connectivity index (χ0n) is 11.3. The lowest BCUT2D eigenvalue weighted by atomic mass is 9.58. The fourth-order valence-corrected chi connectivity index (χ4v) is 5.04. The van der Waals surface area contributed by atoms with Crippen LogP contribution in [-0.4, -0.2) is 18.9 Å². The van der Waals surface area contributed by atoms with Crippen LogP contribution in [0.4, 0.5) is 0 Å². The minimum Gasteiger partial charge on any atom is -0.468 e. The molecule has 0 saturated heterocycles. The summed E-state index contributed by atoms with van der Waals surface area (Å²) in [5.41, 5.74) is 2.22. The van der Waals surface area contributed by atoms with Crippen molar-refractivity contribution in [2.75, 3.05) is 7.11 Å². The Morgan fingerprint density at radius 3 is 3.00 bits per heavy atom. The van der Waals surface area contributed by atoms with Crippen LogP contribution < -0.4 is 0 Å². The highest BCUT2D eigenvalue weighted by Gasteiger charge is 2.50. The van der Waals surface area contributed by atoms with E-state index in [9.17, 15) is 9.59 Å². The fraction of sp³-hybridized carbons (Fsp3) is 0.467. The van der Waals surface area contributed by atoms with Crippen molar-refractivity contribution in [1.82, 2.24) is 0 Å². The third-order valence-corrected chi connectivity index (χ3v) is 6.42. The van der Waals surface area contributed by atoms with Gasteiger partial charge in [-0.1, -0.05) is 13.0 Å². The van der Waals surface area contributed by atoms with Crippen molar-refractivity contribution in [3.8, 4) is 0 Å². The molecule has 5 heteroatoms. The van der Waals surface area contributed by atoms with Gasteiger partial charge in [-0.25, -0.2) is 0 Å². The van der Waals surface area contributed by atoms with Gasteiger partial charge in [-0.15, -0.1) is 11.3 Å². The van der Waals surface area contributed by atoms with Gasteiger partial charge in [0, 0.05) is 5.92 Å². The number of carbonyl (C=O) groups is 2. The van der Waals surface area contributed by atoms with E-state index in [1.54, 1.807) is 17.4 Å². The molecular weight excluding hydrogens is 340 g/mol. The Labute approximate surface area is 130 Å². The maximum absolute atomic E-state index is 12.2. The maximum Gasteiger partial charge on any atom is 0.317 e. The minimum atomic E-state index is -0.712. The predicted octanol–water partition coefficient (Wildman–Crippen LogP) is 3.47. The van der Waals surface area contributed by atoms with Gasteiger partial charge in [0.25, 0.3) is 0 Å². The molecule has 2 aliphatic rings. The number of allylic oxidation sites excluding steroid dienone is 2. The fourth-order valence-electron chi connectivity index (χ4n) is 3.45. The molecule has 3 nitrogen and oxygen atoms in total. The van der Waals surface area contributed by atoms with E-state index in [1.165, 1.54) is 12.7 Å². The molecule has 0 aliphatic heterocycles. The highest BCUT2D eigenvalue weighted by molar-refractivity contribution is 9.11. The lowest BCUT2D eigenvalue weighted by Gasteiger charge is -2.44. The molecule has 0 amide bonds. The number of carbonyl (C=O) groups excluding carboxylic acids is 2. The molecule has 20 heavy (non-hydrogen) atoms. The topological polar surface area (TPSA) is 43.4 Å². The zero-order chi connectivity index (χ0) is 14.5. The predicted molar refractivity (Wildman–Crippen MR) is 80.8 cm³/mol. The Balaban J connectivity index is 2.17. The van der Waals surface area contributed by atoms with Crippen LogP contribution in [0.2, 0.25) is 0 Å². The van der Waals surface area contributed by atoms with Crippen molar-refractivity contribution < 1.29 is 14.3 Å². The summed E-state index contributed by atoms with van der Waals surface area (Å²) in [5.74, 6) is -1.39.